The van der Waals surface area contributed by atoms with Crippen LogP contribution in [0.2, 0.25) is 0 Å². The number of aryl methyl sites for hydroxylation is 1. The van der Waals surface area contributed by atoms with Crippen LogP contribution in [0.25, 0.3) is 0 Å². The molecule has 0 saturated heterocycles. The van der Waals surface area contributed by atoms with Crippen LogP contribution in [0.5, 0.6) is 0 Å². The first-order valence-electron chi connectivity index (χ1n) is 8.07. The maximum absolute atomic E-state index is 11.9. The average Bonchev–Trinajstić information content (AvgIpc) is 3.11. The van der Waals surface area contributed by atoms with Crippen molar-refractivity contribution in [2.24, 2.45) is 0 Å². The summed E-state index contributed by atoms with van der Waals surface area (Å²) >= 11 is 1.63. The first-order chi connectivity index (χ1) is 11.6. The van der Waals surface area contributed by atoms with E-state index < -0.39 is 0 Å². The molecule has 0 radical (unpaired) electrons. The number of thiophene rings is 1. The lowest BCUT2D eigenvalue weighted by molar-refractivity contribution is -0.120. The Labute approximate surface area is 145 Å². The lowest BCUT2D eigenvalue weighted by Crippen LogP contribution is -2.34. The van der Waals surface area contributed by atoms with E-state index in [1.165, 1.54) is 0 Å². The van der Waals surface area contributed by atoms with Gasteiger partial charge < -0.3 is 16.0 Å². The second-order valence-electron chi connectivity index (χ2n) is 5.92. The van der Waals surface area contributed by atoms with Crippen LogP contribution in [0.1, 0.15) is 35.4 Å². The molecule has 2 heterocycles. The summed E-state index contributed by atoms with van der Waals surface area (Å²) in [6.07, 6.45) is 1.30. The molecule has 24 heavy (non-hydrogen) atoms. The smallest absolute Gasteiger partial charge is 0.234 e. The highest BCUT2D eigenvalue weighted by atomic mass is 32.1. The van der Waals surface area contributed by atoms with E-state index in [-0.39, 0.29) is 24.4 Å². The molecule has 1 aromatic heterocycles. The molecule has 6 heteroatoms. The molecular weight excluding hydrogens is 322 g/mol. The van der Waals surface area contributed by atoms with Crippen molar-refractivity contribution in [3.63, 3.8) is 0 Å². The molecule has 1 atom stereocenters. The van der Waals surface area contributed by atoms with Gasteiger partial charge in [-0.15, -0.1) is 11.3 Å². The number of hydrogen-bond acceptors (Lipinski definition) is 4. The Morgan fingerprint density at radius 1 is 1.33 bits per heavy atom. The first kappa shape index (κ1) is 16.7. The Morgan fingerprint density at radius 3 is 3.00 bits per heavy atom. The quantitative estimate of drug-likeness (QED) is 0.755. The van der Waals surface area contributed by atoms with E-state index in [0.29, 0.717) is 13.0 Å². The van der Waals surface area contributed by atoms with Crippen molar-refractivity contribution in [1.82, 2.24) is 10.6 Å². The summed E-state index contributed by atoms with van der Waals surface area (Å²) in [5.74, 6) is 0.0595. The van der Waals surface area contributed by atoms with Crippen molar-refractivity contribution < 1.29 is 9.59 Å². The summed E-state index contributed by atoms with van der Waals surface area (Å²) in [6, 6.07) is 10.1. The summed E-state index contributed by atoms with van der Waals surface area (Å²) in [7, 11) is 0. The highest BCUT2D eigenvalue weighted by Gasteiger charge is 2.16. The predicted octanol–water partition coefficient (Wildman–Crippen LogP) is 2.60. The molecule has 2 amide bonds. The number of hydrogen-bond donors (Lipinski definition) is 3. The number of anilines is 1. The summed E-state index contributed by atoms with van der Waals surface area (Å²) in [6.45, 7) is 2.89. The van der Waals surface area contributed by atoms with Crippen LogP contribution in [0.4, 0.5) is 5.69 Å². The number of rotatable bonds is 6. The van der Waals surface area contributed by atoms with E-state index in [0.717, 1.165) is 28.1 Å². The Morgan fingerprint density at radius 2 is 2.21 bits per heavy atom. The van der Waals surface area contributed by atoms with Gasteiger partial charge in [-0.2, -0.15) is 0 Å². The summed E-state index contributed by atoms with van der Waals surface area (Å²) in [4.78, 5) is 24.5. The van der Waals surface area contributed by atoms with Crippen LogP contribution in [-0.2, 0) is 22.6 Å². The van der Waals surface area contributed by atoms with Crippen molar-refractivity contribution in [1.29, 1.82) is 0 Å². The molecule has 1 aliphatic heterocycles. The zero-order valence-electron chi connectivity index (χ0n) is 13.6. The summed E-state index contributed by atoms with van der Waals surface area (Å²) in [5, 5.41) is 11.0. The first-order valence-corrected chi connectivity index (χ1v) is 8.95. The van der Waals surface area contributed by atoms with Crippen molar-refractivity contribution in [2.45, 2.75) is 32.4 Å². The van der Waals surface area contributed by atoms with Crippen molar-refractivity contribution in [3.8, 4) is 0 Å². The number of fused-ring (bicyclic) bond motifs is 1. The minimum atomic E-state index is -0.0135. The Balaban J connectivity index is 1.50. The van der Waals surface area contributed by atoms with Crippen LogP contribution in [0.3, 0.4) is 0 Å². The lowest BCUT2D eigenvalue weighted by Gasteiger charge is -2.20. The number of carbonyl (C=O) groups excluding carboxylic acids is 2. The van der Waals surface area contributed by atoms with Crippen LogP contribution >= 0.6 is 11.3 Å². The fraction of sp³-hybridized carbons (Fsp3) is 0.333. The molecular formula is C18H21N3O2S. The summed E-state index contributed by atoms with van der Waals surface area (Å²) < 4.78 is 0. The van der Waals surface area contributed by atoms with Crippen molar-refractivity contribution >= 4 is 28.8 Å². The van der Waals surface area contributed by atoms with E-state index in [9.17, 15) is 9.59 Å². The third-order valence-electron chi connectivity index (χ3n) is 4.13. The molecule has 2 aromatic rings. The second-order valence-corrected chi connectivity index (χ2v) is 6.96. The molecule has 5 nitrogen and oxygen atoms in total. The number of benzene rings is 1. The van der Waals surface area contributed by atoms with Gasteiger partial charge in [0.15, 0.2) is 0 Å². The Kier molecular flexibility index (Phi) is 5.27. The van der Waals surface area contributed by atoms with Gasteiger partial charge in [-0.25, -0.2) is 0 Å². The fourth-order valence-corrected chi connectivity index (χ4v) is 3.34. The van der Waals surface area contributed by atoms with Crippen LogP contribution in [0.15, 0.2) is 35.7 Å². The van der Waals surface area contributed by atoms with Gasteiger partial charge in [0.2, 0.25) is 11.8 Å². The van der Waals surface area contributed by atoms with Crippen LogP contribution < -0.4 is 16.0 Å². The third kappa shape index (κ3) is 4.21. The van der Waals surface area contributed by atoms with E-state index >= 15 is 0 Å². The Hall–Kier alpha value is -2.18. The average molecular weight is 343 g/mol. The van der Waals surface area contributed by atoms with Crippen LogP contribution in [0, 0.1) is 0 Å². The van der Waals surface area contributed by atoms with E-state index in [4.69, 9.17) is 0 Å². The molecule has 3 rings (SSSR count). The van der Waals surface area contributed by atoms with Gasteiger partial charge in [-0.05, 0) is 42.0 Å². The normalized spacial score (nSPS) is 14.6. The maximum Gasteiger partial charge on any atom is 0.234 e. The van der Waals surface area contributed by atoms with Gasteiger partial charge in [-0.3, -0.25) is 9.59 Å². The molecule has 1 aromatic carbocycles. The molecule has 1 aliphatic rings. The predicted molar refractivity (Wildman–Crippen MR) is 96.0 cm³/mol. The zero-order valence-corrected chi connectivity index (χ0v) is 14.4. The second kappa shape index (κ2) is 7.59. The van der Waals surface area contributed by atoms with Crippen LogP contribution in [-0.4, -0.2) is 18.4 Å². The number of carbonyl (C=O) groups is 2. The zero-order chi connectivity index (χ0) is 16.9. The van der Waals surface area contributed by atoms with Gasteiger partial charge in [-0.1, -0.05) is 18.2 Å². The SMILES string of the molecule is C[C@@H](NCC(=O)NCc1cccs1)c1ccc2c(c1)CCC(=O)N2. The maximum atomic E-state index is 11.9. The molecule has 0 bridgehead atoms. The largest absolute Gasteiger partial charge is 0.350 e. The van der Waals surface area contributed by atoms with E-state index in [1.807, 2.05) is 36.6 Å². The van der Waals surface area contributed by atoms with E-state index in [2.05, 4.69) is 22.0 Å². The molecule has 126 valence electrons. The standard InChI is InChI=1S/C18H21N3O2S/c1-12(19-11-18(23)20-10-15-3-2-8-24-15)13-4-6-16-14(9-13)5-7-17(22)21-16/h2-4,6,8-9,12,19H,5,7,10-11H2,1H3,(H,20,23)(H,21,22)/t12-/m1/s1. The van der Waals surface area contributed by atoms with Gasteiger partial charge in [0, 0.05) is 23.0 Å². The van der Waals surface area contributed by atoms with Gasteiger partial charge in [0.05, 0.1) is 13.1 Å². The van der Waals surface area contributed by atoms with Crippen molar-refractivity contribution in [2.75, 3.05) is 11.9 Å². The van der Waals surface area contributed by atoms with Crippen molar-refractivity contribution in [3.05, 3.63) is 51.7 Å². The van der Waals surface area contributed by atoms with Gasteiger partial charge in [0.25, 0.3) is 0 Å². The fourth-order valence-electron chi connectivity index (χ4n) is 2.70. The molecule has 0 aliphatic carbocycles. The minimum Gasteiger partial charge on any atom is -0.350 e. The number of nitrogens with one attached hydrogen (secondary N) is 3. The molecule has 0 saturated carbocycles. The van der Waals surface area contributed by atoms with E-state index in [1.54, 1.807) is 11.3 Å². The monoisotopic (exact) mass is 343 g/mol. The summed E-state index contributed by atoms with van der Waals surface area (Å²) in [5.41, 5.74) is 3.18. The highest BCUT2D eigenvalue weighted by Crippen LogP contribution is 2.25. The molecule has 3 N–H and O–H groups in total. The van der Waals surface area contributed by atoms with Gasteiger partial charge in [0.1, 0.15) is 0 Å². The molecule has 0 unspecified atom stereocenters. The lowest BCUT2D eigenvalue weighted by atomic mass is 9.98. The third-order valence-corrected chi connectivity index (χ3v) is 5.01. The minimum absolute atomic E-state index is 0.0135. The molecule has 0 fully saturated rings. The molecule has 0 spiro atoms. The topological polar surface area (TPSA) is 70.2 Å². The highest BCUT2D eigenvalue weighted by molar-refractivity contribution is 7.09. The number of amides is 2. The Bertz CT molecular complexity index is 728. The van der Waals surface area contributed by atoms with Gasteiger partial charge >= 0.3 is 0 Å².